The molecule has 1 amide bonds. The fourth-order valence-electron chi connectivity index (χ4n) is 1.73. The number of benzene rings is 1. The standard InChI is InChI=1S/C14H21N3O4/c1-4-15-12-6-5-11(9-13(12)17(19)20)14(18)16-7-8-21-10(2)3/h5-6,9-10,15H,4,7-8H2,1-3H3,(H,16,18). The van der Waals surface area contributed by atoms with E-state index >= 15 is 0 Å². The molecule has 21 heavy (non-hydrogen) atoms. The lowest BCUT2D eigenvalue weighted by atomic mass is 10.1. The van der Waals surface area contributed by atoms with Crippen molar-refractivity contribution in [3.8, 4) is 0 Å². The number of hydrogen-bond donors (Lipinski definition) is 2. The van der Waals surface area contributed by atoms with E-state index in [9.17, 15) is 14.9 Å². The summed E-state index contributed by atoms with van der Waals surface area (Å²) in [5.74, 6) is -0.353. The van der Waals surface area contributed by atoms with Gasteiger partial charge in [-0.3, -0.25) is 14.9 Å². The zero-order chi connectivity index (χ0) is 15.8. The lowest BCUT2D eigenvalue weighted by molar-refractivity contribution is -0.384. The van der Waals surface area contributed by atoms with Crippen molar-refractivity contribution >= 4 is 17.3 Å². The summed E-state index contributed by atoms with van der Waals surface area (Å²) in [6.45, 7) is 6.99. The molecule has 1 rings (SSSR count). The molecule has 7 heteroatoms. The van der Waals surface area contributed by atoms with Gasteiger partial charge in [0.2, 0.25) is 0 Å². The highest BCUT2D eigenvalue weighted by Gasteiger charge is 2.16. The number of ether oxygens (including phenoxy) is 1. The number of nitrogens with zero attached hydrogens (tertiary/aromatic N) is 1. The predicted molar refractivity (Wildman–Crippen MR) is 80.7 cm³/mol. The van der Waals surface area contributed by atoms with Crippen LogP contribution in [-0.4, -0.2) is 36.6 Å². The second-order valence-corrected chi connectivity index (χ2v) is 4.69. The lowest BCUT2D eigenvalue weighted by Crippen LogP contribution is -2.28. The number of rotatable bonds is 8. The second kappa shape index (κ2) is 8.21. The Hall–Kier alpha value is -2.15. The van der Waals surface area contributed by atoms with Gasteiger partial charge >= 0.3 is 0 Å². The fourth-order valence-corrected chi connectivity index (χ4v) is 1.73. The summed E-state index contributed by atoms with van der Waals surface area (Å²) >= 11 is 0. The Balaban J connectivity index is 2.72. The monoisotopic (exact) mass is 295 g/mol. The van der Waals surface area contributed by atoms with Gasteiger partial charge < -0.3 is 15.4 Å². The SMILES string of the molecule is CCNc1ccc(C(=O)NCCOC(C)C)cc1[N+](=O)[O-]. The quantitative estimate of drug-likeness (QED) is 0.435. The highest BCUT2D eigenvalue weighted by Crippen LogP contribution is 2.25. The van der Waals surface area contributed by atoms with Crippen molar-refractivity contribution in [3.05, 3.63) is 33.9 Å². The van der Waals surface area contributed by atoms with Gasteiger partial charge in [0.25, 0.3) is 11.6 Å². The Morgan fingerprint density at radius 1 is 1.43 bits per heavy atom. The van der Waals surface area contributed by atoms with Crippen LogP contribution >= 0.6 is 0 Å². The number of anilines is 1. The number of hydrogen-bond acceptors (Lipinski definition) is 5. The number of carbonyl (C=O) groups excluding carboxylic acids is 1. The first-order valence-electron chi connectivity index (χ1n) is 6.87. The molecule has 7 nitrogen and oxygen atoms in total. The Morgan fingerprint density at radius 2 is 2.14 bits per heavy atom. The summed E-state index contributed by atoms with van der Waals surface area (Å²) in [6, 6.07) is 4.38. The summed E-state index contributed by atoms with van der Waals surface area (Å²) in [5.41, 5.74) is 0.554. The van der Waals surface area contributed by atoms with E-state index in [2.05, 4.69) is 10.6 Å². The summed E-state index contributed by atoms with van der Waals surface area (Å²) in [4.78, 5) is 22.4. The van der Waals surface area contributed by atoms with Crippen LogP contribution in [0.4, 0.5) is 11.4 Å². The van der Waals surface area contributed by atoms with Crippen molar-refractivity contribution < 1.29 is 14.5 Å². The zero-order valence-corrected chi connectivity index (χ0v) is 12.5. The topological polar surface area (TPSA) is 93.5 Å². The van der Waals surface area contributed by atoms with E-state index in [0.29, 0.717) is 25.4 Å². The number of nitro benzene ring substituents is 1. The molecule has 0 fully saturated rings. The molecule has 0 atom stereocenters. The third-order valence-corrected chi connectivity index (χ3v) is 2.66. The van der Waals surface area contributed by atoms with Crippen LogP contribution in [0, 0.1) is 10.1 Å². The molecular formula is C14H21N3O4. The normalized spacial score (nSPS) is 10.5. The average Bonchev–Trinajstić information content (AvgIpc) is 2.43. The maximum absolute atomic E-state index is 11.9. The molecule has 0 aromatic heterocycles. The molecule has 0 unspecified atom stereocenters. The average molecular weight is 295 g/mol. The van der Waals surface area contributed by atoms with Gasteiger partial charge in [0.05, 0.1) is 17.6 Å². The molecule has 0 saturated heterocycles. The highest BCUT2D eigenvalue weighted by molar-refractivity contribution is 5.95. The maximum atomic E-state index is 11.9. The van der Waals surface area contributed by atoms with Crippen LogP contribution in [0.15, 0.2) is 18.2 Å². The van der Waals surface area contributed by atoms with Gasteiger partial charge in [-0.05, 0) is 32.9 Å². The van der Waals surface area contributed by atoms with Crippen LogP contribution in [0.5, 0.6) is 0 Å². The molecule has 0 saturated carbocycles. The van der Waals surface area contributed by atoms with Crippen molar-refractivity contribution in [1.29, 1.82) is 0 Å². The van der Waals surface area contributed by atoms with Gasteiger partial charge in [-0.15, -0.1) is 0 Å². The van der Waals surface area contributed by atoms with Crippen molar-refractivity contribution in [2.24, 2.45) is 0 Å². The van der Waals surface area contributed by atoms with Crippen molar-refractivity contribution in [2.75, 3.05) is 25.0 Å². The van der Waals surface area contributed by atoms with E-state index in [4.69, 9.17) is 4.74 Å². The van der Waals surface area contributed by atoms with Gasteiger partial charge in [-0.2, -0.15) is 0 Å². The fraction of sp³-hybridized carbons (Fsp3) is 0.500. The molecule has 0 spiro atoms. The summed E-state index contributed by atoms with van der Waals surface area (Å²) < 4.78 is 5.31. The van der Waals surface area contributed by atoms with E-state index in [-0.39, 0.29) is 23.3 Å². The molecule has 2 N–H and O–H groups in total. The summed E-state index contributed by atoms with van der Waals surface area (Å²) in [5, 5.41) is 16.6. The lowest BCUT2D eigenvalue weighted by Gasteiger charge is -2.09. The van der Waals surface area contributed by atoms with Crippen LogP contribution in [0.3, 0.4) is 0 Å². The third-order valence-electron chi connectivity index (χ3n) is 2.66. The van der Waals surface area contributed by atoms with Gasteiger partial charge in [0, 0.05) is 24.7 Å². The van der Waals surface area contributed by atoms with Crippen LogP contribution in [-0.2, 0) is 4.74 Å². The smallest absolute Gasteiger partial charge is 0.293 e. The largest absolute Gasteiger partial charge is 0.380 e. The van der Waals surface area contributed by atoms with E-state index in [0.717, 1.165) is 0 Å². The molecule has 0 aliphatic heterocycles. The molecule has 0 aliphatic rings. The maximum Gasteiger partial charge on any atom is 0.293 e. The molecule has 1 aromatic carbocycles. The third kappa shape index (κ3) is 5.39. The molecule has 116 valence electrons. The van der Waals surface area contributed by atoms with Crippen LogP contribution < -0.4 is 10.6 Å². The van der Waals surface area contributed by atoms with Crippen molar-refractivity contribution in [1.82, 2.24) is 5.32 Å². The molecular weight excluding hydrogens is 274 g/mol. The van der Waals surface area contributed by atoms with Gasteiger partial charge in [-0.1, -0.05) is 0 Å². The summed E-state index contributed by atoms with van der Waals surface area (Å²) in [6.07, 6.45) is 0.0994. The first-order valence-corrected chi connectivity index (χ1v) is 6.87. The van der Waals surface area contributed by atoms with Crippen LogP contribution in [0.25, 0.3) is 0 Å². The van der Waals surface area contributed by atoms with E-state index in [1.165, 1.54) is 6.07 Å². The first-order chi connectivity index (χ1) is 9.95. The minimum atomic E-state index is -0.503. The van der Waals surface area contributed by atoms with E-state index in [1.54, 1.807) is 12.1 Å². The number of nitro groups is 1. The molecule has 0 bridgehead atoms. The minimum Gasteiger partial charge on any atom is -0.380 e. The molecule has 0 radical (unpaired) electrons. The zero-order valence-electron chi connectivity index (χ0n) is 12.5. The Labute approximate surface area is 123 Å². The van der Waals surface area contributed by atoms with Gasteiger partial charge in [-0.25, -0.2) is 0 Å². The van der Waals surface area contributed by atoms with E-state index in [1.807, 2.05) is 20.8 Å². The van der Waals surface area contributed by atoms with Crippen LogP contribution in [0.2, 0.25) is 0 Å². The van der Waals surface area contributed by atoms with Crippen molar-refractivity contribution in [2.45, 2.75) is 26.9 Å². The van der Waals surface area contributed by atoms with Crippen molar-refractivity contribution in [3.63, 3.8) is 0 Å². The minimum absolute atomic E-state index is 0.0994. The van der Waals surface area contributed by atoms with Crippen LogP contribution in [0.1, 0.15) is 31.1 Å². The Bertz CT molecular complexity index is 503. The predicted octanol–water partition coefficient (Wildman–Crippen LogP) is 2.18. The number of carbonyl (C=O) groups is 1. The Kier molecular flexibility index (Phi) is 6.61. The Morgan fingerprint density at radius 3 is 2.71 bits per heavy atom. The second-order valence-electron chi connectivity index (χ2n) is 4.69. The first kappa shape index (κ1) is 16.9. The molecule has 1 aromatic rings. The number of nitrogens with one attached hydrogen (secondary N) is 2. The highest BCUT2D eigenvalue weighted by atomic mass is 16.6. The van der Waals surface area contributed by atoms with Gasteiger partial charge in [0.15, 0.2) is 0 Å². The molecule has 0 heterocycles. The van der Waals surface area contributed by atoms with Gasteiger partial charge in [0.1, 0.15) is 5.69 Å². The molecule has 0 aliphatic carbocycles. The van der Waals surface area contributed by atoms with E-state index < -0.39 is 4.92 Å². The summed E-state index contributed by atoms with van der Waals surface area (Å²) in [7, 11) is 0. The number of amides is 1.